The number of aryl methyl sites for hydroxylation is 6. The Kier molecular flexibility index (Phi) is 5.18. The Bertz CT molecular complexity index is 739. The summed E-state index contributed by atoms with van der Waals surface area (Å²) in [5.74, 6) is 0.456. The number of benzene rings is 2. The highest BCUT2D eigenvalue weighted by Gasteiger charge is 2.26. The maximum Gasteiger partial charge on any atom is 0.106 e. The van der Waals surface area contributed by atoms with Crippen molar-refractivity contribution >= 4 is 5.57 Å². The van der Waals surface area contributed by atoms with Crippen molar-refractivity contribution in [1.29, 1.82) is 0 Å². The van der Waals surface area contributed by atoms with E-state index in [9.17, 15) is 5.11 Å². The van der Waals surface area contributed by atoms with Crippen molar-refractivity contribution in [3.05, 3.63) is 74.5 Å². The molecular formula is C24H32O. The van der Waals surface area contributed by atoms with Crippen LogP contribution in [0.3, 0.4) is 0 Å². The number of hydrogen-bond donors (Lipinski definition) is 1. The molecule has 0 heterocycles. The fourth-order valence-electron chi connectivity index (χ4n) is 3.89. The minimum Gasteiger partial charge on any atom is -0.511 e. The molecule has 0 aliphatic rings. The largest absolute Gasteiger partial charge is 0.511 e. The topological polar surface area (TPSA) is 20.2 Å². The van der Waals surface area contributed by atoms with Gasteiger partial charge in [0.05, 0.1) is 0 Å². The average molecular weight is 337 g/mol. The quantitative estimate of drug-likeness (QED) is 0.591. The molecule has 0 amide bonds. The van der Waals surface area contributed by atoms with Crippen molar-refractivity contribution < 1.29 is 5.11 Å². The van der Waals surface area contributed by atoms with Crippen LogP contribution in [0.4, 0.5) is 0 Å². The smallest absolute Gasteiger partial charge is 0.106 e. The lowest BCUT2D eigenvalue weighted by molar-refractivity contribution is 0.280. The minimum atomic E-state index is -0.317. The van der Waals surface area contributed by atoms with Gasteiger partial charge in [-0.25, -0.2) is 0 Å². The third-order valence-electron chi connectivity index (χ3n) is 4.80. The number of hydrogen-bond acceptors (Lipinski definition) is 1. The van der Waals surface area contributed by atoms with E-state index in [1.807, 2.05) is 0 Å². The van der Waals surface area contributed by atoms with Gasteiger partial charge < -0.3 is 5.11 Å². The Labute approximate surface area is 153 Å². The summed E-state index contributed by atoms with van der Waals surface area (Å²) in [5, 5.41) is 11.3. The molecule has 0 fully saturated rings. The van der Waals surface area contributed by atoms with Gasteiger partial charge in [-0.1, -0.05) is 56.2 Å². The van der Waals surface area contributed by atoms with Crippen molar-refractivity contribution in [1.82, 2.24) is 0 Å². The van der Waals surface area contributed by atoms with Crippen LogP contribution >= 0.6 is 0 Å². The predicted octanol–water partition coefficient (Wildman–Crippen LogP) is 6.90. The van der Waals surface area contributed by atoms with Crippen LogP contribution in [-0.2, 0) is 0 Å². The Morgan fingerprint density at radius 1 is 0.640 bits per heavy atom. The van der Waals surface area contributed by atoms with Gasteiger partial charge in [0.15, 0.2) is 0 Å². The summed E-state index contributed by atoms with van der Waals surface area (Å²) in [7, 11) is 0. The fraction of sp³-hybridized carbons (Fsp3) is 0.417. The van der Waals surface area contributed by atoms with Gasteiger partial charge in [-0.15, -0.1) is 0 Å². The molecule has 1 nitrogen and oxygen atoms in total. The molecule has 0 atom stereocenters. The molecule has 0 saturated heterocycles. The van der Waals surface area contributed by atoms with Gasteiger partial charge in [-0.2, -0.15) is 0 Å². The lowest BCUT2D eigenvalue weighted by Crippen LogP contribution is -2.14. The molecule has 2 aromatic carbocycles. The van der Waals surface area contributed by atoms with Gasteiger partial charge in [-0.05, 0) is 74.9 Å². The Morgan fingerprint density at radius 3 is 1.16 bits per heavy atom. The highest BCUT2D eigenvalue weighted by atomic mass is 16.3. The zero-order valence-electron chi connectivity index (χ0n) is 17.3. The van der Waals surface area contributed by atoms with Gasteiger partial charge in [0.2, 0.25) is 0 Å². The molecule has 134 valence electrons. The Balaban J connectivity index is 2.98. The molecule has 0 radical (unpaired) electrons. The van der Waals surface area contributed by atoms with Crippen LogP contribution in [-0.4, -0.2) is 5.11 Å². The van der Waals surface area contributed by atoms with Crippen molar-refractivity contribution in [2.75, 3.05) is 0 Å². The molecule has 25 heavy (non-hydrogen) atoms. The molecular weight excluding hydrogens is 304 g/mol. The summed E-state index contributed by atoms with van der Waals surface area (Å²) < 4.78 is 0. The monoisotopic (exact) mass is 336 g/mol. The second kappa shape index (κ2) is 6.71. The van der Waals surface area contributed by atoms with Gasteiger partial charge in [0.25, 0.3) is 0 Å². The molecule has 0 unspecified atom stereocenters. The van der Waals surface area contributed by atoms with E-state index in [2.05, 4.69) is 86.6 Å². The van der Waals surface area contributed by atoms with Crippen molar-refractivity contribution in [2.24, 2.45) is 5.41 Å². The van der Waals surface area contributed by atoms with Crippen LogP contribution in [0.25, 0.3) is 5.57 Å². The molecule has 1 heteroatoms. The van der Waals surface area contributed by atoms with Crippen molar-refractivity contribution in [3.8, 4) is 0 Å². The third-order valence-corrected chi connectivity index (χ3v) is 4.80. The maximum absolute atomic E-state index is 11.3. The summed E-state index contributed by atoms with van der Waals surface area (Å²) in [6.07, 6.45) is 0. The summed E-state index contributed by atoms with van der Waals surface area (Å²) in [4.78, 5) is 0. The summed E-state index contributed by atoms with van der Waals surface area (Å²) in [6, 6.07) is 8.82. The standard InChI is InChI=1S/C24H32O/c1-14-10-16(3)20(17(4)11-14)22(23(25)24(7,8)9)21-18(5)12-15(2)13-19(21)6/h10-13,25H,1-9H3. The molecule has 2 rings (SSSR count). The average Bonchev–Trinajstić information content (AvgIpc) is 2.41. The van der Waals surface area contributed by atoms with Crippen LogP contribution in [0.2, 0.25) is 0 Å². The second-order valence-electron chi connectivity index (χ2n) is 8.52. The molecule has 0 saturated carbocycles. The molecule has 0 spiro atoms. The second-order valence-corrected chi connectivity index (χ2v) is 8.52. The highest BCUT2D eigenvalue weighted by Crippen LogP contribution is 2.40. The number of allylic oxidation sites excluding steroid dienone is 1. The summed E-state index contributed by atoms with van der Waals surface area (Å²) >= 11 is 0. The van der Waals surface area contributed by atoms with Gasteiger partial charge in [0.1, 0.15) is 5.76 Å². The van der Waals surface area contributed by atoms with Crippen LogP contribution in [0.5, 0.6) is 0 Å². The van der Waals surface area contributed by atoms with Gasteiger partial charge in [-0.3, -0.25) is 0 Å². The van der Waals surface area contributed by atoms with Crippen molar-refractivity contribution in [2.45, 2.75) is 62.3 Å². The van der Waals surface area contributed by atoms with E-state index in [1.165, 1.54) is 33.4 Å². The summed E-state index contributed by atoms with van der Waals surface area (Å²) in [5.41, 5.74) is 10.3. The first-order chi connectivity index (χ1) is 11.4. The molecule has 0 aromatic heterocycles. The van der Waals surface area contributed by atoms with Gasteiger partial charge >= 0.3 is 0 Å². The zero-order valence-corrected chi connectivity index (χ0v) is 17.3. The third kappa shape index (κ3) is 3.81. The van der Waals surface area contributed by atoms with Crippen LogP contribution < -0.4 is 0 Å². The SMILES string of the molecule is Cc1cc(C)c(C(=C(O)C(C)(C)C)c2c(C)cc(C)cc2C)c(C)c1. The van der Waals surface area contributed by atoms with Gasteiger partial charge in [0, 0.05) is 11.0 Å². The van der Waals surface area contributed by atoms with E-state index >= 15 is 0 Å². The first kappa shape index (κ1) is 19.3. The molecule has 0 aliphatic heterocycles. The fourth-order valence-corrected chi connectivity index (χ4v) is 3.89. The first-order valence-electron chi connectivity index (χ1n) is 9.03. The lowest BCUT2D eigenvalue weighted by Gasteiger charge is -2.26. The maximum atomic E-state index is 11.3. The van der Waals surface area contributed by atoms with E-state index in [0.29, 0.717) is 5.76 Å². The Morgan fingerprint density at radius 2 is 0.920 bits per heavy atom. The highest BCUT2D eigenvalue weighted by molar-refractivity contribution is 5.87. The molecule has 1 N–H and O–H groups in total. The predicted molar refractivity (Wildman–Crippen MR) is 109 cm³/mol. The van der Waals surface area contributed by atoms with E-state index in [-0.39, 0.29) is 5.41 Å². The van der Waals surface area contributed by atoms with E-state index < -0.39 is 0 Å². The van der Waals surface area contributed by atoms with Crippen LogP contribution in [0.1, 0.15) is 65.3 Å². The first-order valence-corrected chi connectivity index (χ1v) is 9.03. The molecule has 0 aliphatic carbocycles. The molecule has 2 aromatic rings. The minimum absolute atomic E-state index is 0.317. The van der Waals surface area contributed by atoms with Crippen LogP contribution in [0, 0.1) is 47.0 Å². The van der Waals surface area contributed by atoms with E-state index in [0.717, 1.165) is 16.7 Å². The number of rotatable bonds is 2. The summed E-state index contributed by atoms with van der Waals surface area (Å²) in [6.45, 7) is 19.0. The Hall–Kier alpha value is -2.02. The van der Waals surface area contributed by atoms with Crippen LogP contribution in [0.15, 0.2) is 30.0 Å². The normalized spacial score (nSPS) is 11.6. The zero-order chi connectivity index (χ0) is 19.1. The number of aliphatic hydroxyl groups is 1. The lowest BCUT2D eigenvalue weighted by atomic mass is 9.79. The molecule has 0 bridgehead atoms. The number of aliphatic hydroxyl groups excluding tert-OH is 1. The van der Waals surface area contributed by atoms with Crippen molar-refractivity contribution in [3.63, 3.8) is 0 Å². The van der Waals surface area contributed by atoms with E-state index in [1.54, 1.807) is 0 Å². The van der Waals surface area contributed by atoms with E-state index in [4.69, 9.17) is 0 Å².